The minimum atomic E-state index is 0.354. The van der Waals surface area contributed by atoms with Gasteiger partial charge in [-0.3, -0.25) is 4.90 Å². The predicted molar refractivity (Wildman–Crippen MR) is 74.0 cm³/mol. The summed E-state index contributed by atoms with van der Waals surface area (Å²) >= 11 is 1.80. The van der Waals surface area contributed by atoms with Crippen molar-refractivity contribution in [3.63, 3.8) is 0 Å². The van der Waals surface area contributed by atoms with Gasteiger partial charge in [0, 0.05) is 27.9 Å². The molecule has 0 unspecified atom stereocenters. The highest BCUT2D eigenvalue weighted by molar-refractivity contribution is 7.10. The van der Waals surface area contributed by atoms with Gasteiger partial charge in [-0.05, 0) is 39.3 Å². The van der Waals surface area contributed by atoms with Crippen LogP contribution in [-0.2, 0) is 6.54 Å². The van der Waals surface area contributed by atoms with E-state index >= 15 is 0 Å². The molecule has 17 heavy (non-hydrogen) atoms. The highest BCUT2D eigenvalue weighted by atomic mass is 32.1. The number of hydrogen-bond acceptors (Lipinski definition) is 3. The molecule has 1 aliphatic rings. The summed E-state index contributed by atoms with van der Waals surface area (Å²) in [4.78, 5) is 3.97. The SMILES string of the molecule is CC1(C)CCCN1Cc1cc(C#CCN)cs1. The first kappa shape index (κ1) is 12.6. The number of likely N-dealkylation sites (tertiary alicyclic amines) is 1. The number of nitrogens with zero attached hydrogens (tertiary/aromatic N) is 1. The number of hydrogen-bond donors (Lipinski definition) is 1. The maximum Gasteiger partial charge on any atom is 0.0555 e. The van der Waals surface area contributed by atoms with Gasteiger partial charge in [-0.15, -0.1) is 11.3 Å². The second kappa shape index (κ2) is 5.22. The Bertz CT molecular complexity index is 437. The molecule has 0 atom stereocenters. The van der Waals surface area contributed by atoms with Crippen molar-refractivity contribution in [3.8, 4) is 11.8 Å². The molecule has 1 aromatic heterocycles. The van der Waals surface area contributed by atoms with Crippen molar-refractivity contribution in [2.24, 2.45) is 5.73 Å². The molecule has 2 N–H and O–H groups in total. The van der Waals surface area contributed by atoms with E-state index in [1.165, 1.54) is 24.3 Å². The van der Waals surface area contributed by atoms with E-state index in [0.29, 0.717) is 12.1 Å². The van der Waals surface area contributed by atoms with Crippen LogP contribution in [0.5, 0.6) is 0 Å². The molecule has 0 bridgehead atoms. The molecule has 0 aromatic carbocycles. The Hall–Kier alpha value is -0.820. The third-order valence-corrected chi connectivity index (χ3v) is 4.33. The van der Waals surface area contributed by atoms with E-state index in [2.05, 4.69) is 42.0 Å². The van der Waals surface area contributed by atoms with Gasteiger partial charge in [-0.1, -0.05) is 11.8 Å². The summed E-state index contributed by atoms with van der Waals surface area (Å²) in [6.45, 7) is 7.38. The fourth-order valence-corrected chi connectivity index (χ4v) is 3.16. The molecule has 92 valence electrons. The van der Waals surface area contributed by atoms with Crippen LogP contribution in [0.1, 0.15) is 37.1 Å². The Morgan fingerprint density at radius 1 is 1.53 bits per heavy atom. The summed E-state index contributed by atoms with van der Waals surface area (Å²) < 4.78 is 0. The number of nitrogens with two attached hydrogens (primary N) is 1. The van der Waals surface area contributed by atoms with Crippen molar-refractivity contribution in [1.82, 2.24) is 4.90 Å². The number of rotatable bonds is 2. The lowest BCUT2D eigenvalue weighted by Gasteiger charge is -2.31. The van der Waals surface area contributed by atoms with E-state index in [1.54, 1.807) is 11.3 Å². The predicted octanol–water partition coefficient (Wildman–Crippen LogP) is 2.43. The molecule has 1 aliphatic heterocycles. The fraction of sp³-hybridized carbons (Fsp3) is 0.571. The molecule has 2 heterocycles. The average molecular weight is 248 g/mol. The Balaban J connectivity index is 2.02. The van der Waals surface area contributed by atoms with Gasteiger partial charge in [-0.25, -0.2) is 0 Å². The van der Waals surface area contributed by atoms with Gasteiger partial charge in [0.25, 0.3) is 0 Å². The van der Waals surface area contributed by atoms with Crippen molar-refractivity contribution in [2.75, 3.05) is 13.1 Å². The molecular weight excluding hydrogens is 228 g/mol. The van der Waals surface area contributed by atoms with Gasteiger partial charge in [0.1, 0.15) is 0 Å². The van der Waals surface area contributed by atoms with Crippen LogP contribution in [0.3, 0.4) is 0 Å². The third kappa shape index (κ3) is 3.10. The average Bonchev–Trinajstić information content (AvgIpc) is 2.84. The van der Waals surface area contributed by atoms with Crippen molar-refractivity contribution in [2.45, 2.75) is 38.8 Å². The first-order valence-corrected chi connectivity index (χ1v) is 7.01. The minimum Gasteiger partial charge on any atom is -0.320 e. The van der Waals surface area contributed by atoms with E-state index in [1.807, 2.05) is 0 Å². The largest absolute Gasteiger partial charge is 0.320 e. The molecular formula is C14H20N2S. The molecule has 3 heteroatoms. The zero-order valence-corrected chi connectivity index (χ0v) is 11.4. The van der Waals surface area contributed by atoms with Crippen LogP contribution < -0.4 is 5.73 Å². The zero-order valence-electron chi connectivity index (χ0n) is 10.6. The van der Waals surface area contributed by atoms with Crippen LogP contribution in [0.15, 0.2) is 11.4 Å². The van der Waals surface area contributed by atoms with Gasteiger partial charge in [0.05, 0.1) is 6.54 Å². The molecule has 1 fully saturated rings. The molecule has 1 saturated heterocycles. The van der Waals surface area contributed by atoms with Crippen molar-refractivity contribution in [3.05, 3.63) is 21.9 Å². The van der Waals surface area contributed by atoms with Crippen molar-refractivity contribution >= 4 is 11.3 Å². The second-order valence-electron chi connectivity index (χ2n) is 5.15. The quantitative estimate of drug-likeness (QED) is 0.815. The van der Waals surface area contributed by atoms with E-state index in [9.17, 15) is 0 Å². The Morgan fingerprint density at radius 3 is 3.00 bits per heavy atom. The normalized spacial score (nSPS) is 19.0. The van der Waals surface area contributed by atoms with Crippen LogP contribution in [0.25, 0.3) is 0 Å². The lowest BCUT2D eigenvalue weighted by atomic mass is 10.0. The van der Waals surface area contributed by atoms with E-state index in [-0.39, 0.29) is 0 Å². The Morgan fingerprint density at radius 2 is 2.35 bits per heavy atom. The minimum absolute atomic E-state index is 0.354. The monoisotopic (exact) mass is 248 g/mol. The highest BCUT2D eigenvalue weighted by Crippen LogP contribution is 2.30. The molecule has 0 spiro atoms. The maximum absolute atomic E-state index is 5.37. The zero-order chi connectivity index (χ0) is 12.3. The van der Waals surface area contributed by atoms with Crippen LogP contribution in [0.2, 0.25) is 0 Å². The van der Waals surface area contributed by atoms with Crippen molar-refractivity contribution in [1.29, 1.82) is 0 Å². The molecule has 1 aromatic rings. The van der Waals surface area contributed by atoms with Gasteiger partial charge in [0.2, 0.25) is 0 Å². The topological polar surface area (TPSA) is 29.3 Å². The molecule has 0 aliphatic carbocycles. The van der Waals surface area contributed by atoms with Crippen LogP contribution in [0.4, 0.5) is 0 Å². The summed E-state index contributed by atoms with van der Waals surface area (Å²) in [7, 11) is 0. The van der Waals surface area contributed by atoms with Gasteiger partial charge >= 0.3 is 0 Å². The summed E-state index contributed by atoms with van der Waals surface area (Å²) in [6, 6.07) is 2.20. The Kier molecular flexibility index (Phi) is 3.88. The summed E-state index contributed by atoms with van der Waals surface area (Å²) in [5, 5.41) is 2.13. The third-order valence-electron chi connectivity index (χ3n) is 3.41. The molecule has 0 amide bonds. The second-order valence-corrected chi connectivity index (χ2v) is 6.14. The first-order chi connectivity index (χ1) is 8.12. The van der Waals surface area contributed by atoms with Crippen LogP contribution in [0, 0.1) is 11.8 Å². The van der Waals surface area contributed by atoms with E-state index in [4.69, 9.17) is 5.73 Å². The molecule has 2 nitrogen and oxygen atoms in total. The number of thiophene rings is 1. The summed E-state index contributed by atoms with van der Waals surface area (Å²) in [5.41, 5.74) is 6.83. The molecule has 0 saturated carbocycles. The lowest BCUT2D eigenvalue weighted by molar-refractivity contribution is 0.168. The molecule has 0 radical (unpaired) electrons. The maximum atomic E-state index is 5.37. The van der Waals surface area contributed by atoms with Crippen molar-refractivity contribution < 1.29 is 0 Å². The van der Waals surface area contributed by atoms with Crippen LogP contribution in [-0.4, -0.2) is 23.5 Å². The van der Waals surface area contributed by atoms with E-state index < -0.39 is 0 Å². The summed E-state index contributed by atoms with van der Waals surface area (Å²) in [6.07, 6.45) is 2.62. The first-order valence-electron chi connectivity index (χ1n) is 6.13. The van der Waals surface area contributed by atoms with E-state index in [0.717, 1.165) is 12.1 Å². The van der Waals surface area contributed by atoms with Gasteiger partial charge in [0.15, 0.2) is 0 Å². The Labute approximate surface area is 108 Å². The standard InChI is InChI=1S/C14H20N2S/c1-14(2)6-4-8-16(14)10-13-9-12(11-17-13)5-3-7-15/h9,11H,4,6-8,10,15H2,1-2H3. The fourth-order valence-electron chi connectivity index (χ4n) is 2.33. The van der Waals surface area contributed by atoms with Gasteiger partial charge < -0.3 is 5.73 Å². The summed E-state index contributed by atoms with van der Waals surface area (Å²) in [5.74, 6) is 5.99. The lowest BCUT2D eigenvalue weighted by Crippen LogP contribution is -2.37. The van der Waals surface area contributed by atoms with Gasteiger partial charge in [-0.2, -0.15) is 0 Å². The molecule has 2 rings (SSSR count). The van der Waals surface area contributed by atoms with Crippen LogP contribution >= 0.6 is 11.3 Å². The smallest absolute Gasteiger partial charge is 0.0555 e. The highest BCUT2D eigenvalue weighted by Gasteiger charge is 2.31.